The summed E-state index contributed by atoms with van der Waals surface area (Å²) in [6.07, 6.45) is 1.58. The van der Waals surface area contributed by atoms with Crippen LogP contribution in [0.3, 0.4) is 0 Å². The molecule has 0 saturated carbocycles. The molecular formula is C20H18ClN3O. The molecule has 1 atom stereocenters. The summed E-state index contributed by atoms with van der Waals surface area (Å²) in [5.74, 6) is -0.210. The normalized spacial score (nSPS) is 12.2. The number of anilines is 1. The molecule has 0 fully saturated rings. The summed E-state index contributed by atoms with van der Waals surface area (Å²) < 4.78 is 0. The zero-order valence-corrected chi connectivity index (χ0v) is 14.5. The van der Waals surface area contributed by atoms with E-state index in [4.69, 9.17) is 11.6 Å². The monoisotopic (exact) mass is 351 g/mol. The summed E-state index contributed by atoms with van der Waals surface area (Å²) in [7, 11) is 0. The third-order valence-electron chi connectivity index (χ3n) is 3.81. The number of amides is 1. The molecule has 0 spiro atoms. The molecule has 0 aromatic heterocycles. The molecule has 25 heavy (non-hydrogen) atoms. The average molecular weight is 352 g/mol. The van der Waals surface area contributed by atoms with E-state index < -0.39 is 6.04 Å². The largest absolute Gasteiger partial charge is 0.373 e. The van der Waals surface area contributed by atoms with Gasteiger partial charge in [-0.05, 0) is 36.1 Å². The third-order valence-corrected chi connectivity index (χ3v) is 4.07. The van der Waals surface area contributed by atoms with Crippen LogP contribution < -0.4 is 10.7 Å². The number of fused-ring (bicyclic) bond motifs is 1. The number of hydrogen-bond acceptors (Lipinski definition) is 3. The van der Waals surface area contributed by atoms with Gasteiger partial charge in [0.25, 0.3) is 5.91 Å². The molecule has 2 N–H and O–H groups in total. The first-order valence-electron chi connectivity index (χ1n) is 7.96. The van der Waals surface area contributed by atoms with Gasteiger partial charge in [0, 0.05) is 16.1 Å². The van der Waals surface area contributed by atoms with Crippen molar-refractivity contribution in [3.05, 3.63) is 77.3 Å². The molecule has 0 aliphatic heterocycles. The predicted octanol–water partition coefficient (Wildman–Crippen LogP) is 4.44. The number of nitrogens with zero attached hydrogens (tertiary/aromatic N) is 1. The molecule has 126 valence electrons. The zero-order chi connectivity index (χ0) is 17.6. The molecule has 0 bridgehead atoms. The first kappa shape index (κ1) is 17.0. The molecule has 0 saturated heterocycles. The Morgan fingerprint density at radius 2 is 1.76 bits per heavy atom. The van der Waals surface area contributed by atoms with Crippen LogP contribution in [-0.4, -0.2) is 18.2 Å². The number of carbonyl (C=O) groups excluding carboxylic acids is 1. The van der Waals surface area contributed by atoms with Crippen molar-refractivity contribution >= 4 is 40.2 Å². The molecule has 0 aliphatic carbocycles. The second-order valence-corrected chi connectivity index (χ2v) is 6.11. The number of hydrogen-bond donors (Lipinski definition) is 2. The van der Waals surface area contributed by atoms with Gasteiger partial charge in [-0.2, -0.15) is 5.10 Å². The van der Waals surface area contributed by atoms with E-state index in [0.29, 0.717) is 5.02 Å². The van der Waals surface area contributed by atoms with Crippen molar-refractivity contribution in [1.82, 2.24) is 5.43 Å². The van der Waals surface area contributed by atoms with Crippen LogP contribution in [0.4, 0.5) is 5.69 Å². The summed E-state index contributed by atoms with van der Waals surface area (Å²) in [5.41, 5.74) is 4.33. The highest BCUT2D eigenvalue weighted by Crippen LogP contribution is 2.23. The van der Waals surface area contributed by atoms with E-state index in [1.54, 1.807) is 25.3 Å². The maximum Gasteiger partial charge on any atom is 0.262 e. The highest BCUT2D eigenvalue weighted by atomic mass is 35.5. The molecule has 5 heteroatoms. The lowest BCUT2D eigenvalue weighted by atomic mass is 10.1. The van der Waals surface area contributed by atoms with Gasteiger partial charge in [0.2, 0.25) is 0 Å². The Labute approximate surface area is 151 Å². The summed E-state index contributed by atoms with van der Waals surface area (Å²) >= 11 is 5.83. The fourth-order valence-corrected chi connectivity index (χ4v) is 2.59. The molecule has 1 unspecified atom stereocenters. The van der Waals surface area contributed by atoms with Gasteiger partial charge in [0.1, 0.15) is 6.04 Å². The number of hydrazone groups is 1. The minimum absolute atomic E-state index is 0.210. The van der Waals surface area contributed by atoms with Crippen LogP contribution in [-0.2, 0) is 4.79 Å². The van der Waals surface area contributed by atoms with Crippen molar-refractivity contribution in [1.29, 1.82) is 0 Å². The molecule has 3 aromatic rings. The van der Waals surface area contributed by atoms with Gasteiger partial charge in [-0.3, -0.25) is 4.79 Å². The number of halogens is 1. The van der Waals surface area contributed by atoms with Crippen molar-refractivity contribution < 1.29 is 4.79 Å². The second kappa shape index (κ2) is 7.81. The minimum Gasteiger partial charge on any atom is -0.373 e. The van der Waals surface area contributed by atoms with E-state index in [1.807, 2.05) is 54.6 Å². The minimum atomic E-state index is -0.423. The van der Waals surface area contributed by atoms with E-state index in [2.05, 4.69) is 15.8 Å². The second-order valence-electron chi connectivity index (χ2n) is 5.68. The summed E-state index contributed by atoms with van der Waals surface area (Å²) in [6, 6.07) is 20.8. The summed E-state index contributed by atoms with van der Waals surface area (Å²) in [5, 5.41) is 10.1. The quantitative estimate of drug-likeness (QED) is 0.527. The summed E-state index contributed by atoms with van der Waals surface area (Å²) in [6.45, 7) is 1.80. The van der Waals surface area contributed by atoms with E-state index >= 15 is 0 Å². The standard InChI is InChI=1S/C20H18ClN3O/c1-14(20(25)24-22-13-15-9-11-17(21)12-10-15)23-19-8-4-6-16-5-2-3-7-18(16)19/h2-14,23H,1H3,(H,24,25). The first-order chi connectivity index (χ1) is 12.1. The topological polar surface area (TPSA) is 53.5 Å². The highest BCUT2D eigenvalue weighted by Gasteiger charge is 2.12. The van der Waals surface area contributed by atoms with Crippen molar-refractivity contribution in [2.75, 3.05) is 5.32 Å². The van der Waals surface area contributed by atoms with Gasteiger partial charge in [-0.1, -0.05) is 60.1 Å². The van der Waals surface area contributed by atoms with Gasteiger partial charge < -0.3 is 5.32 Å². The predicted molar refractivity (Wildman–Crippen MR) is 104 cm³/mol. The maximum atomic E-state index is 12.2. The van der Waals surface area contributed by atoms with E-state index in [-0.39, 0.29) is 5.91 Å². The molecule has 4 nitrogen and oxygen atoms in total. The lowest BCUT2D eigenvalue weighted by Crippen LogP contribution is -2.34. The Balaban J connectivity index is 1.63. The highest BCUT2D eigenvalue weighted by molar-refractivity contribution is 6.30. The Hall–Kier alpha value is -2.85. The molecule has 0 aliphatic rings. The molecule has 3 rings (SSSR count). The van der Waals surface area contributed by atoms with Gasteiger partial charge in [0.15, 0.2) is 0 Å². The van der Waals surface area contributed by atoms with E-state index in [9.17, 15) is 4.79 Å². The van der Waals surface area contributed by atoms with Crippen LogP contribution in [0.15, 0.2) is 71.8 Å². The fourth-order valence-electron chi connectivity index (χ4n) is 2.47. The fraction of sp³-hybridized carbons (Fsp3) is 0.100. The Kier molecular flexibility index (Phi) is 5.31. The lowest BCUT2D eigenvalue weighted by molar-refractivity contribution is -0.121. The number of benzene rings is 3. The van der Waals surface area contributed by atoms with Crippen LogP contribution in [0.1, 0.15) is 12.5 Å². The van der Waals surface area contributed by atoms with Crippen molar-refractivity contribution in [3.63, 3.8) is 0 Å². The first-order valence-corrected chi connectivity index (χ1v) is 8.34. The third kappa shape index (κ3) is 4.37. The van der Waals surface area contributed by atoms with Gasteiger partial charge >= 0.3 is 0 Å². The molecule has 1 amide bonds. The van der Waals surface area contributed by atoms with Crippen LogP contribution in [0.25, 0.3) is 10.8 Å². The molecular weight excluding hydrogens is 334 g/mol. The van der Waals surface area contributed by atoms with Crippen LogP contribution in [0.2, 0.25) is 5.02 Å². The van der Waals surface area contributed by atoms with Gasteiger partial charge in [0.05, 0.1) is 6.21 Å². The Morgan fingerprint density at radius 3 is 2.56 bits per heavy atom. The smallest absolute Gasteiger partial charge is 0.262 e. The molecule has 3 aromatic carbocycles. The average Bonchev–Trinajstić information content (AvgIpc) is 2.63. The van der Waals surface area contributed by atoms with Crippen molar-refractivity contribution in [2.45, 2.75) is 13.0 Å². The number of rotatable bonds is 5. The van der Waals surface area contributed by atoms with Gasteiger partial charge in [-0.25, -0.2) is 5.43 Å². The molecule has 0 heterocycles. The number of carbonyl (C=O) groups is 1. The SMILES string of the molecule is CC(Nc1cccc2ccccc12)C(=O)NN=Cc1ccc(Cl)cc1. The Bertz CT molecular complexity index is 901. The van der Waals surface area contributed by atoms with Crippen molar-refractivity contribution in [2.24, 2.45) is 5.10 Å². The van der Waals surface area contributed by atoms with Gasteiger partial charge in [-0.15, -0.1) is 0 Å². The zero-order valence-electron chi connectivity index (χ0n) is 13.7. The van der Waals surface area contributed by atoms with Crippen LogP contribution in [0.5, 0.6) is 0 Å². The molecule has 0 radical (unpaired) electrons. The van der Waals surface area contributed by atoms with Crippen LogP contribution >= 0.6 is 11.6 Å². The van der Waals surface area contributed by atoms with Crippen LogP contribution in [0, 0.1) is 0 Å². The summed E-state index contributed by atoms with van der Waals surface area (Å²) in [4.78, 5) is 12.2. The lowest BCUT2D eigenvalue weighted by Gasteiger charge is -2.15. The number of nitrogens with one attached hydrogen (secondary N) is 2. The van der Waals surface area contributed by atoms with E-state index in [1.165, 1.54) is 0 Å². The van der Waals surface area contributed by atoms with E-state index in [0.717, 1.165) is 22.0 Å². The Morgan fingerprint density at radius 1 is 1.04 bits per heavy atom. The maximum absolute atomic E-state index is 12.2. The van der Waals surface area contributed by atoms with Crippen molar-refractivity contribution in [3.8, 4) is 0 Å².